The zero-order valence-electron chi connectivity index (χ0n) is 20.2. The van der Waals surface area contributed by atoms with E-state index in [9.17, 15) is 0 Å². The molecule has 0 amide bonds. The molecule has 9 nitrogen and oxygen atoms in total. The van der Waals surface area contributed by atoms with Gasteiger partial charge in [-0.25, -0.2) is 9.97 Å². The fourth-order valence-corrected chi connectivity index (χ4v) is 5.33. The van der Waals surface area contributed by atoms with Crippen molar-refractivity contribution in [3.63, 3.8) is 0 Å². The standard InChI is InChI=1S/C25H28ClIN4O5/c1-15(2)36-20-11-16(33-7-3-4-31-5-8-32-9-6-31)10-19-21(20)25(29-13-28-19)30-22-17(26)12-18(27)23-24(22)35-14-34-23/h10-13,15H,3-9,14H2,1-2H3,(H,28,29,30). The third-order valence-corrected chi connectivity index (χ3v) is 6.92. The number of benzene rings is 2. The third kappa shape index (κ3) is 5.66. The normalized spacial score (nSPS) is 15.5. The number of nitrogens with zero attached hydrogens (tertiary/aromatic N) is 3. The number of rotatable bonds is 9. The summed E-state index contributed by atoms with van der Waals surface area (Å²) in [5.74, 6) is 3.10. The molecule has 1 saturated heterocycles. The van der Waals surface area contributed by atoms with E-state index in [4.69, 9.17) is 35.3 Å². The van der Waals surface area contributed by atoms with Crippen LogP contribution in [0.3, 0.4) is 0 Å². The van der Waals surface area contributed by atoms with Gasteiger partial charge in [-0.05, 0) is 48.9 Å². The molecule has 0 atom stereocenters. The second-order valence-electron chi connectivity index (χ2n) is 8.77. The molecule has 0 unspecified atom stereocenters. The van der Waals surface area contributed by atoms with Gasteiger partial charge < -0.3 is 29.0 Å². The second-order valence-corrected chi connectivity index (χ2v) is 10.3. The van der Waals surface area contributed by atoms with Crippen molar-refractivity contribution in [2.75, 3.05) is 51.6 Å². The van der Waals surface area contributed by atoms with Gasteiger partial charge in [0.05, 0.1) is 45.4 Å². The molecule has 36 heavy (non-hydrogen) atoms. The highest BCUT2D eigenvalue weighted by Gasteiger charge is 2.25. The Morgan fingerprint density at radius 1 is 1.14 bits per heavy atom. The summed E-state index contributed by atoms with van der Waals surface area (Å²) in [6.07, 6.45) is 2.37. The van der Waals surface area contributed by atoms with Crippen LogP contribution in [-0.2, 0) is 4.74 Å². The van der Waals surface area contributed by atoms with Gasteiger partial charge >= 0.3 is 0 Å². The van der Waals surface area contributed by atoms with Gasteiger partial charge in [-0.15, -0.1) is 0 Å². The minimum atomic E-state index is -0.0549. The molecule has 0 spiro atoms. The largest absolute Gasteiger partial charge is 0.493 e. The third-order valence-electron chi connectivity index (χ3n) is 5.82. The monoisotopic (exact) mass is 626 g/mol. The van der Waals surface area contributed by atoms with Crippen molar-refractivity contribution in [2.24, 2.45) is 0 Å². The lowest BCUT2D eigenvalue weighted by atomic mass is 10.2. The van der Waals surface area contributed by atoms with Crippen molar-refractivity contribution in [3.8, 4) is 23.0 Å². The molecule has 2 aromatic carbocycles. The molecule has 1 aromatic heterocycles. The molecule has 3 heterocycles. The number of anilines is 2. The predicted octanol–water partition coefficient (Wildman–Crippen LogP) is 5.25. The maximum Gasteiger partial charge on any atom is 0.231 e. The van der Waals surface area contributed by atoms with E-state index < -0.39 is 0 Å². The quantitative estimate of drug-likeness (QED) is 0.253. The average molecular weight is 627 g/mol. The van der Waals surface area contributed by atoms with Gasteiger partial charge in [-0.1, -0.05) is 11.6 Å². The summed E-state index contributed by atoms with van der Waals surface area (Å²) >= 11 is 8.76. The average Bonchev–Trinajstić information content (AvgIpc) is 3.35. The lowest BCUT2D eigenvalue weighted by Crippen LogP contribution is -2.37. The highest BCUT2D eigenvalue weighted by atomic mass is 127. The van der Waals surface area contributed by atoms with Gasteiger partial charge in [0, 0.05) is 31.8 Å². The number of morpholine rings is 1. The van der Waals surface area contributed by atoms with Gasteiger partial charge in [0.1, 0.15) is 29.3 Å². The zero-order chi connectivity index (χ0) is 25.1. The molecule has 0 aliphatic carbocycles. The van der Waals surface area contributed by atoms with E-state index in [0.717, 1.165) is 48.2 Å². The highest BCUT2D eigenvalue weighted by Crippen LogP contribution is 2.48. The first-order chi connectivity index (χ1) is 17.5. The number of aromatic nitrogens is 2. The summed E-state index contributed by atoms with van der Waals surface area (Å²) in [5.41, 5.74) is 1.28. The summed E-state index contributed by atoms with van der Waals surface area (Å²) in [4.78, 5) is 11.4. The van der Waals surface area contributed by atoms with Crippen molar-refractivity contribution in [1.29, 1.82) is 0 Å². The van der Waals surface area contributed by atoms with Crippen molar-refractivity contribution in [2.45, 2.75) is 26.4 Å². The molecular weight excluding hydrogens is 599 g/mol. The van der Waals surface area contributed by atoms with Crippen LogP contribution < -0.4 is 24.3 Å². The molecule has 192 valence electrons. The first-order valence-corrected chi connectivity index (χ1v) is 13.4. The van der Waals surface area contributed by atoms with Crippen LogP contribution in [0.4, 0.5) is 11.5 Å². The minimum Gasteiger partial charge on any atom is -0.493 e. The number of hydrogen-bond donors (Lipinski definition) is 1. The van der Waals surface area contributed by atoms with Crippen LogP contribution in [0.15, 0.2) is 24.5 Å². The van der Waals surface area contributed by atoms with E-state index in [1.807, 2.05) is 32.0 Å². The Bertz CT molecular complexity index is 1240. The minimum absolute atomic E-state index is 0.0549. The molecule has 0 bridgehead atoms. The molecule has 0 radical (unpaired) electrons. The Hall–Kier alpha value is -2.28. The van der Waals surface area contributed by atoms with Crippen molar-refractivity contribution < 1.29 is 23.7 Å². The Morgan fingerprint density at radius 3 is 2.75 bits per heavy atom. The summed E-state index contributed by atoms with van der Waals surface area (Å²) in [6.45, 7) is 9.22. The summed E-state index contributed by atoms with van der Waals surface area (Å²) in [5, 5.41) is 4.57. The van der Waals surface area contributed by atoms with Gasteiger partial charge in [0.15, 0.2) is 11.5 Å². The lowest BCUT2D eigenvalue weighted by molar-refractivity contribution is 0.0358. The summed E-state index contributed by atoms with van der Waals surface area (Å²) in [6, 6.07) is 5.63. The molecule has 2 aliphatic rings. The highest BCUT2D eigenvalue weighted by molar-refractivity contribution is 14.1. The number of fused-ring (bicyclic) bond motifs is 2. The molecule has 11 heteroatoms. The molecule has 0 saturated carbocycles. The van der Waals surface area contributed by atoms with E-state index >= 15 is 0 Å². The lowest BCUT2D eigenvalue weighted by Gasteiger charge is -2.26. The van der Waals surface area contributed by atoms with Crippen LogP contribution >= 0.6 is 34.2 Å². The van der Waals surface area contributed by atoms with Crippen LogP contribution in [0.25, 0.3) is 10.9 Å². The smallest absolute Gasteiger partial charge is 0.231 e. The van der Waals surface area contributed by atoms with E-state index in [0.29, 0.717) is 51.6 Å². The van der Waals surface area contributed by atoms with Gasteiger partial charge in [0.2, 0.25) is 6.79 Å². The van der Waals surface area contributed by atoms with E-state index in [1.54, 1.807) is 0 Å². The Labute approximate surface area is 228 Å². The van der Waals surface area contributed by atoms with Crippen LogP contribution in [0, 0.1) is 3.57 Å². The number of nitrogens with one attached hydrogen (secondary N) is 1. The van der Waals surface area contributed by atoms with Crippen LogP contribution in [0.1, 0.15) is 20.3 Å². The number of ether oxygens (including phenoxy) is 5. The van der Waals surface area contributed by atoms with Crippen molar-refractivity contribution in [1.82, 2.24) is 14.9 Å². The maximum absolute atomic E-state index is 6.58. The zero-order valence-corrected chi connectivity index (χ0v) is 23.1. The first kappa shape index (κ1) is 25.4. The van der Waals surface area contributed by atoms with Crippen LogP contribution in [0.2, 0.25) is 5.02 Å². The van der Waals surface area contributed by atoms with E-state index in [-0.39, 0.29) is 12.9 Å². The van der Waals surface area contributed by atoms with Gasteiger partial charge in [0.25, 0.3) is 0 Å². The fourth-order valence-electron chi connectivity index (χ4n) is 4.19. The maximum atomic E-state index is 6.58. The Morgan fingerprint density at radius 2 is 1.94 bits per heavy atom. The first-order valence-electron chi connectivity index (χ1n) is 11.9. The predicted molar refractivity (Wildman–Crippen MR) is 146 cm³/mol. The summed E-state index contributed by atoms with van der Waals surface area (Å²) < 4.78 is 29.9. The molecular formula is C25H28ClIN4O5. The second kappa shape index (κ2) is 11.4. The van der Waals surface area contributed by atoms with Crippen molar-refractivity contribution in [3.05, 3.63) is 33.1 Å². The Balaban J connectivity index is 1.41. The molecule has 2 aliphatic heterocycles. The molecule has 1 N–H and O–H groups in total. The fraction of sp³-hybridized carbons (Fsp3) is 0.440. The van der Waals surface area contributed by atoms with E-state index in [1.165, 1.54) is 6.33 Å². The number of halogens is 2. The van der Waals surface area contributed by atoms with Crippen LogP contribution in [0.5, 0.6) is 23.0 Å². The van der Waals surface area contributed by atoms with Gasteiger partial charge in [-0.2, -0.15) is 0 Å². The molecule has 1 fully saturated rings. The molecule has 5 rings (SSSR count). The topological polar surface area (TPSA) is 87.2 Å². The Kier molecular flexibility index (Phi) is 8.04. The number of hydrogen-bond acceptors (Lipinski definition) is 9. The van der Waals surface area contributed by atoms with E-state index in [2.05, 4.69) is 42.8 Å². The SMILES string of the molecule is CC(C)Oc1cc(OCCCN2CCOCC2)cc2ncnc(Nc3c(Cl)cc(I)c4c3OCO4)c12. The van der Waals surface area contributed by atoms with Crippen LogP contribution in [-0.4, -0.2) is 67.2 Å². The van der Waals surface area contributed by atoms with Crippen molar-refractivity contribution >= 4 is 56.6 Å². The summed E-state index contributed by atoms with van der Waals surface area (Å²) in [7, 11) is 0. The van der Waals surface area contributed by atoms with Gasteiger partial charge in [-0.3, -0.25) is 4.90 Å². The molecule has 3 aromatic rings.